The van der Waals surface area contributed by atoms with E-state index in [9.17, 15) is 17.6 Å². The van der Waals surface area contributed by atoms with Gasteiger partial charge in [0.05, 0.1) is 16.5 Å². The predicted octanol–water partition coefficient (Wildman–Crippen LogP) is 2.04. The number of amides is 1. The fraction of sp³-hybridized carbons (Fsp3) is 0.588. The number of hydrogen-bond acceptors (Lipinski definition) is 4. The third-order valence-corrected chi connectivity index (χ3v) is 7.03. The van der Waals surface area contributed by atoms with E-state index in [0.29, 0.717) is 25.7 Å². The van der Waals surface area contributed by atoms with E-state index in [-0.39, 0.29) is 28.9 Å². The van der Waals surface area contributed by atoms with Gasteiger partial charge in [-0.1, -0.05) is 18.5 Å². The molecule has 1 amide bonds. The molecule has 2 rings (SSSR count). The lowest BCUT2D eigenvalue weighted by atomic mass is 10.2. The molecule has 146 valence electrons. The van der Waals surface area contributed by atoms with Crippen LogP contribution in [0.3, 0.4) is 0 Å². The van der Waals surface area contributed by atoms with Gasteiger partial charge in [-0.15, -0.1) is 0 Å². The first kappa shape index (κ1) is 21.1. The smallest absolute Gasteiger partial charge is 0.243 e. The maximum absolute atomic E-state index is 13.3. The highest BCUT2D eigenvalue weighted by atomic mass is 35.5. The van der Waals surface area contributed by atoms with Crippen molar-refractivity contribution in [2.75, 3.05) is 39.8 Å². The Bertz CT molecular complexity index is 752. The largest absolute Gasteiger partial charge is 0.339 e. The van der Waals surface area contributed by atoms with Gasteiger partial charge >= 0.3 is 0 Å². The third-order valence-electron chi connectivity index (χ3n) is 4.85. The summed E-state index contributed by atoms with van der Waals surface area (Å²) in [7, 11) is -1.85. The van der Waals surface area contributed by atoms with Gasteiger partial charge in [0.2, 0.25) is 15.9 Å². The highest BCUT2D eigenvalue weighted by Gasteiger charge is 2.30. The SMILES string of the molecule is CCC(C)N(C)CC(=O)N1CCN(S(=O)(=O)c2ccc(F)c(Cl)c2)CC1. The van der Waals surface area contributed by atoms with E-state index in [1.807, 2.05) is 11.9 Å². The summed E-state index contributed by atoms with van der Waals surface area (Å²) in [6.45, 7) is 5.52. The normalized spacial score (nSPS) is 17.5. The molecule has 9 heteroatoms. The van der Waals surface area contributed by atoms with Gasteiger partial charge in [0, 0.05) is 32.2 Å². The van der Waals surface area contributed by atoms with E-state index in [1.165, 1.54) is 10.4 Å². The van der Waals surface area contributed by atoms with Gasteiger partial charge in [-0.25, -0.2) is 12.8 Å². The average molecular weight is 406 g/mol. The number of sulfonamides is 1. The molecule has 1 atom stereocenters. The molecule has 0 radical (unpaired) electrons. The summed E-state index contributed by atoms with van der Waals surface area (Å²) in [6.07, 6.45) is 0.954. The molecule has 1 fully saturated rings. The zero-order valence-corrected chi connectivity index (χ0v) is 16.9. The van der Waals surface area contributed by atoms with Gasteiger partial charge in [0.15, 0.2) is 0 Å². The van der Waals surface area contributed by atoms with Crippen LogP contribution in [0.1, 0.15) is 20.3 Å². The Morgan fingerprint density at radius 2 is 1.92 bits per heavy atom. The van der Waals surface area contributed by atoms with E-state index in [2.05, 4.69) is 13.8 Å². The van der Waals surface area contributed by atoms with Crippen LogP contribution in [0.4, 0.5) is 4.39 Å². The van der Waals surface area contributed by atoms with Crippen molar-refractivity contribution in [1.82, 2.24) is 14.1 Å². The van der Waals surface area contributed by atoms with Crippen molar-refractivity contribution < 1.29 is 17.6 Å². The number of benzene rings is 1. The maximum atomic E-state index is 13.3. The molecule has 0 saturated carbocycles. The fourth-order valence-electron chi connectivity index (χ4n) is 2.75. The third kappa shape index (κ3) is 4.73. The van der Waals surface area contributed by atoms with E-state index >= 15 is 0 Å². The van der Waals surface area contributed by atoms with Crippen molar-refractivity contribution in [2.45, 2.75) is 31.2 Å². The van der Waals surface area contributed by atoms with Gasteiger partial charge < -0.3 is 4.90 Å². The minimum absolute atomic E-state index is 0.00493. The van der Waals surface area contributed by atoms with Crippen molar-refractivity contribution in [2.24, 2.45) is 0 Å². The quantitative estimate of drug-likeness (QED) is 0.726. The second kappa shape index (κ2) is 8.65. The van der Waals surface area contributed by atoms with Gasteiger partial charge in [-0.2, -0.15) is 4.31 Å². The van der Waals surface area contributed by atoms with E-state index in [0.717, 1.165) is 18.6 Å². The lowest BCUT2D eigenvalue weighted by molar-refractivity contribution is -0.133. The summed E-state index contributed by atoms with van der Waals surface area (Å²) in [4.78, 5) is 16.0. The van der Waals surface area contributed by atoms with Gasteiger partial charge in [0.25, 0.3) is 0 Å². The average Bonchev–Trinajstić information content (AvgIpc) is 2.63. The second-order valence-corrected chi connectivity index (χ2v) is 8.88. The van der Waals surface area contributed by atoms with Crippen LogP contribution in [-0.4, -0.2) is 74.2 Å². The van der Waals surface area contributed by atoms with Crippen LogP contribution in [0, 0.1) is 5.82 Å². The Morgan fingerprint density at radius 1 is 1.31 bits per heavy atom. The first-order chi connectivity index (χ1) is 12.2. The molecule has 1 aromatic rings. The summed E-state index contributed by atoms with van der Waals surface area (Å²) in [6, 6.07) is 3.67. The number of carbonyl (C=O) groups excluding carboxylic acids is 1. The van der Waals surface area contributed by atoms with Crippen LogP contribution in [0.2, 0.25) is 5.02 Å². The Hall–Kier alpha value is -1.22. The maximum Gasteiger partial charge on any atom is 0.243 e. The zero-order valence-electron chi connectivity index (χ0n) is 15.3. The molecule has 0 spiro atoms. The van der Waals surface area contributed by atoms with E-state index in [1.54, 1.807) is 4.90 Å². The molecule has 6 nitrogen and oxygen atoms in total. The van der Waals surface area contributed by atoms with Crippen molar-refractivity contribution in [3.8, 4) is 0 Å². The van der Waals surface area contributed by atoms with Gasteiger partial charge in [0.1, 0.15) is 5.82 Å². The van der Waals surface area contributed by atoms with E-state index in [4.69, 9.17) is 11.6 Å². The molecule has 0 aromatic heterocycles. The number of likely N-dealkylation sites (N-methyl/N-ethyl adjacent to an activating group) is 1. The molecule has 1 unspecified atom stereocenters. The molecule has 1 aliphatic heterocycles. The predicted molar refractivity (Wildman–Crippen MR) is 99.1 cm³/mol. The first-order valence-corrected chi connectivity index (χ1v) is 10.4. The second-order valence-electron chi connectivity index (χ2n) is 6.53. The number of piperazine rings is 1. The molecule has 26 heavy (non-hydrogen) atoms. The topological polar surface area (TPSA) is 60.9 Å². The minimum atomic E-state index is -3.76. The van der Waals surface area contributed by atoms with Crippen LogP contribution >= 0.6 is 11.6 Å². The van der Waals surface area contributed by atoms with Gasteiger partial charge in [-0.05, 0) is 38.6 Å². The number of halogens is 2. The number of carbonyl (C=O) groups is 1. The lowest BCUT2D eigenvalue weighted by Gasteiger charge is -2.35. The molecule has 1 saturated heterocycles. The zero-order chi connectivity index (χ0) is 19.5. The molecule has 0 bridgehead atoms. The van der Waals surface area contributed by atoms with Crippen LogP contribution < -0.4 is 0 Å². The molecule has 1 heterocycles. The molecule has 0 aliphatic carbocycles. The number of hydrogen-bond donors (Lipinski definition) is 0. The molecule has 0 N–H and O–H groups in total. The van der Waals surface area contributed by atoms with Gasteiger partial charge in [-0.3, -0.25) is 9.69 Å². The van der Waals surface area contributed by atoms with Crippen molar-refractivity contribution in [3.63, 3.8) is 0 Å². The van der Waals surface area contributed by atoms with Crippen LogP contribution in [0.25, 0.3) is 0 Å². The van der Waals surface area contributed by atoms with Crippen LogP contribution in [0.15, 0.2) is 23.1 Å². The Labute approximate surface area is 159 Å². The molecular weight excluding hydrogens is 381 g/mol. The van der Waals surface area contributed by atoms with Crippen LogP contribution in [0.5, 0.6) is 0 Å². The summed E-state index contributed by atoms with van der Waals surface area (Å²) >= 11 is 5.69. The monoisotopic (exact) mass is 405 g/mol. The highest BCUT2D eigenvalue weighted by Crippen LogP contribution is 2.23. The molecule has 1 aromatic carbocycles. The lowest BCUT2D eigenvalue weighted by Crippen LogP contribution is -2.52. The Morgan fingerprint density at radius 3 is 2.46 bits per heavy atom. The first-order valence-electron chi connectivity index (χ1n) is 8.60. The molecule has 1 aliphatic rings. The summed E-state index contributed by atoms with van der Waals surface area (Å²) in [5.74, 6) is -0.666. The van der Waals surface area contributed by atoms with Crippen molar-refractivity contribution in [1.29, 1.82) is 0 Å². The summed E-state index contributed by atoms with van der Waals surface area (Å²) < 4.78 is 39.9. The fourth-order valence-corrected chi connectivity index (χ4v) is 4.44. The van der Waals surface area contributed by atoms with E-state index < -0.39 is 15.8 Å². The van der Waals surface area contributed by atoms with Crippen molar-refractivity contribution >= 4 is 27.5 Å². The molecular formula is C17H25ClFN3O3S. The minimum Gasteiger partial charge on any atom is -0.339 e. The Balaban J connectivity index is 1.99. The summed E-state index contributed by atoms with van der Waals surface area (Å²) in [5.41, 5.74) is 0. The Kier molecular flexibility index (Phi) is 7.01. The highest BCUT2D eigenvalue weighted by molar-refractivity contribution is 7.89. The standard InChI is InChI=1S/C17H25ClFN3O3S/c1-4-13(2)20(3)12-17(23)21-7-9-22(10-8-21)26(24,25)14-5-6-16(19)15(18)11-14/h5-6,11,13H,4,7-10,12H2,1-3H3. The number of rotatable bonds is 6. The summed E-state index contributed by atoms with van der Waals surface area (Å²) in [5, 5.41) is -0.229. The van der Waals surface area contributed by atoms with Crippen molar-refractivity contribution in [3.05, 3.63) is 29.0 Å². The van der Waals surface area contributed by atoms with Crippen LogP contribution in [-0.2, 0) is 14.8 Å². The number of nitrogens with zero attached hydrogens (tertiary/aromatic N) is 3.